The number of ether oxygens (including phenoxy) is 1. The van der Waals surface area contributed by atoms with Crippen LogP contribution in [0.25, 0.3) is 0 Å². The van der Waals surface area contributed by atoms with Crippen molar-refractivity contribution in [3.63, 3.8) is 0 Å². The molecule has 27 heavy (non-hydrogen) atoms. The number of amides is 2. The number of carbonyl (C=O) groups is 2. The van der Waals surface area contributed by atoms with E-state index in [4.69, 9.17) is 4.74 Å². The standard InChI is InChI=1S/C20H22N4O3/c1-13(2)21-19(25)16-8-9-17-18(22-16)24(14-10-11-23(17)12-14)20(26)27-15-6-4-3-5-7-15/h3-9,13-14H,10-12H2,1-2H3,(H,21,25)/t14-/m0/s1. The van der Waals surface area contributed by atoms with Gasteiger partial charge in [-0.3, -0.25) is 9.69 Å². The number of pyridine rings is 1. The first-order valence-electron chi connectivity index (χ1n) is 9.16. The molecule has 0 spiro atoms. The molecule has 2 aliphatic rings. The highest BCUT2D eigenvalue weighted by atomic mass is 16.6. The molecule has 0 unspecified atom stereocenters. The maximum Gasteiger partial charge on any atom is 0.421 e. The van der Waals surface area contributed by atoms with Crippen molar-refractivity contribution < 1.29 is 14.3 Å². The van der Waals surface area contributed by atoms with E-state index < -0.39 is 6.09 Å². The molecule has 1 N–H and O–H groups in total. The van der Waals surface area contributed by atoms with Crippen molar-refractivity contribution in [2.45, 2.75) is 32.4 Å². The molecule has 7 nitrogen and oxygen atoms in total. The lowest BCUT2D eigenvalue weighted by atomic mass is 10.2. The summed E-state index contributed by atoms with van der Waals surface area (Å²) in [6.45, 7) is 5.39. The lowest BCUT2D eigenvalue weighted by Gasteiger charge is -2.35. The van der Waals surface area contributed by atoms with Crippen LogP contribution in [-0.2, 0) is 0 Å². The van der Waals surface area contributed by atoms with E-state index in [1.54, 1.807) is 23.1 Å². The molecule has 4 rings (SSSR count). The highest BCUT2D eigenvalue weighted by Gasteiger charge is 2.41. The molecule has 1 saturated heterocycles. The summed E-state index contributed by atoms with van der Waals surface area (Å²) >= 11 is 0. The largest absolute Gasteiger partial charge is 0.421 e. The first-order chi connectivity index (χ1) is 13.0. The van der Waals surface area contributed by atoms with Gasteiger partial charge in [0.25, 0.3) is 5.91 Å². The first-order valence-corrected chi connectivity index (χ1v) is 9.16. The van der Waals surface area contributed by atoms with Crippen LogP contribution in [0, 0.1) is 0 Å². The molecular formula is C20H22N4O3. The summed E-state index contributed by atoms with van der Waals surface area (Å²) in [6.07, 6.45) is 0.372. The predicted molar refractivity (Wildman–Crippen MR) is 102 cm³/mol. The number of hydrogen-bond donors (Lipinski definition) is 1. The summed E-state index contributed by atoms with van der Waals surface area (Å²) in [4.78, 5) is 33.6. The molecule has 0 saturated carbocycles. The number of benzene rings is 1. The fraction of sp³-hybridized carbons (Fsp3) is 0.350. The number of aromatic nitrogens is 1. The van der Waals surface area contributed by atoms with Crippen LogP contribution in [0.15, 0.2) is 42.5 Å². The van der Waals surface area contributed by atoms with Crippen molar-refractivity contribution in [1.29, 1.82) is 0 Å². The van der Waals surface area contributed by atoms with Crippen LogP contribution in [0.2, 0.25) is 0 Å². The van der Waals surface area contributed by atoms with Crippen molar-refractivity contribution in [1.82, 2.24) is 10.3 Å². The Kier molecular flexibility index (Phi) is 4.43. The molecule has 2 aromatic rings. The summed E-state index contributed by atoms with van der Waals surface area (Å²) in [5.74, 6) is 0.719. The average molecular weight is 366 g/mol. The Bertz CT molecular complexity index is 869. The number of hydrogen-bond acceptors (Lipinski definition) is 5. The predicted octanol–water partition coefficient (Wildman–Crippen LogP) is 2.82. The van der Waals surface area contributed by atoms with Crippen LogP contribution in [0.1, 0.15) is 30.8 Å². The molecule has 2 amide bonds. The van der Waals surface area contributed by atoms with Crippen molar-refractivity contribution >= 4 is 23.5 Å². The van der Waals surface area contributed by atoms with Gasteiger partial charge in [-0.1, -0.05) is 18.2 Å². The summed E-state index contributed by atoms with van der Waals surface area (Å²) in [5, 5.41) is 2.84. The van der Waals surface area contributed by atoms with Gasteiger partial charge in [-0.2, -0.15) is 0 Å². The number of nitrogens with one attached hydrogen (secondary N) is 1. The second-order valence-electron chi connectivity index (χ2n) is 7.11. The number of carbonyl (C=O) groups excluding carboxylic acids is 2. The molecule has 2 bridgehead atoms. The van der Waals surface area contributed by atoms with E-state index in [9.17, 15) is 9.59 Å². The molecule has 7 heteroatoms. The number of para-hydroxylation sites is 1. The Morgan fingerprint density at radius 1 is 1.19 bits per heavy atom. The van der Waals surface area contributed by atoms with Gasteiger partial charge in [-0.05, 0) is 44.5 Å². The molecule has 140 valence electrons. The maximum absolute atomic E-state index is 12.9. The Morgan fingerprint density at radius 2 is 1.96 bits per heavy atom. The van der Waals surface area contributed by atoms with Crippen LogP contribution >= 0.6 is 0 Å². The Hall–Kier alpha value is -3.09. The third-order valence-electron chi connectivity index (χ3n) is 4.75. The van der Waals surface area contributed by atoms with Gasteiger partial charge in [0.2, 0.25) is 0 Å². The van der Waals surface area contributed by atoms with Gasteiger partial charge >= 0.3 is 6.09 Å². The lowest BCUT2D eigenvalue weighted by molar-refractivity contribution is 0.0938. The lowest BCUT2D eigenvalue weighted by Crippen LogP contribution is -2.48. The van der Waals surface area contributed by atoms with Crippen LogP contribution in [0.3, 0.4) is 0 Å². The van der Waals surface area contributed by atoms with Crippen molar-refractivity contribution in [2.75, 3.05) is 22.9 Å². The summed E-state index contributed by atoms with van der Waals surface area (Å²) < 4.78 is 5.55. The van der Waals surface area contributed by atoms with E-state index in [0.29, 0.717) is 17.3 Å². The van der Waals surface area contributed by atoms with Crippen molar-refractivity contribution in [3.05, 3.63) is 48.2 Å². The highest BCUT2D eigenvalue weighted by molar-refractivity contribution is 5.98. The minimum Gasteiger partial charge on any atom is -0.410 e. The van der Waals surface area contributed by atoms with Crippen LogP contribution in [-0.4, -0.2) is 42.2 Å². The van der Waals surface area contributed by atoms with Gasteiger partial charge < -0.3 is 15.0 Å². The summed E-state index contributed by atoms with van der Waals surface area (Å²) in [7, 11) is 0. The molecule has 1 fully saturated rings. The molecule has 1 aromatic heterocycles. The smallest absolute Gasteiger partial charge is 0.410 e. The number of anilines is 2. The minimum absolute atomic E-state index is 0.00871. The maximum atomic E-state index is 12.9. The molecule has 0 radical (unpaired) electrons. The van der Waals surface area contributed by atoms with E-state index in [0.717, 1.165) is 25.2 Å². The van der Waals surface area contributed by atoms with Crippen LogP contribution in [0.5, 0.6) is 5.75 Å². The summed E-state index contributed by atoms with van der Waals surface area (Å²) in [5.41, 5.74) is 1.15. The normalized spacial score (nSPS) is 17.7. The quantitative estimate of drug-likeness (QED) is 0.904. The van der Waals surface area contributed by atoms with E-state index in [1.165, 1.54) is 0 Å². The second-order valence-corrected chi connectivity index (χ2v) is 7.11. The molecule has 2 aliphatic heterocycles. The Morgan fingerprint density at radius 3 is 2.70 bits per heavy atom. The topological polar surface area (TPSA) is 74.8 Å². The molecular weight excluding hydrogens is 344 g/mol. The van der Waals surface area contributed by atoms with Crippen LogP contribution in [0.4, 0.5) is 16.3 Å². The first kappa shape index (κ1) is 17.3. The fourth-order valence-corrected chi connectivity index (χ4v) is 3.55. The van der Waals surface area contributed by atoms with Crippen molar-refractivity contribution in [2.24, 2.45) is 0 Å². The minimum atomic E-state index is -0.470. The van der Waals surface area contributed by atoms with Crippen LogP contribution < -0.4 is 19.9 Å². The van der Waals surface area contributed by atoms with Gasteiger partial charge in [0.1, 0.15) is 11.4 Å². The second kappa shape index (κ2) is 6.90. The number of nitrogens with zero attached hydrogens (tertiary/aromatic N) is 3. The Labute approximate surface area is 157 Å². The third kappa shape index (κ3) is 3.32. The van der Waals surface area contributed by atoms with Gasteiger partial charge in [-0.25, -0.2) is 9.78 Å². The zero-order valence-electron chi connectivity index (χ0n) is 15.4. The molecule has 1 aromatic carbocycles. The van der Waals surface area contributed by atoms with Gasteiger partial charge in [0, 0.05) is 19.1 Å². The van der Waals surface area contributed by atoms with Crippen molar-refractivity contribution in [3.8, 4) is 5.75 Å². The average Bonchev–Trinajstić information content (AvgIpc) is 3.06. The Balaban J connectivity index is 1.67. The van der Waals surface area contributed by atoms with E-state index in [-0.39, 0.29) is 18.0 Å². The zero-order valence-corrected chi connectivity index (χ0v) is 15.4. The summed E-state index contributed by atoms with van der Waals surface area (Å²) in [6, 6.07) is 12.5. The fourth-order valence-electron chi connectivity index (χ4n) is 3.55. The number of rotatable bonds is 3. The van der Waals surface area contributed by atoms with E-state index in [2.05, 4.69) is 15.2 Å². The van der Waals surface area contributed by atoms with Gasteiger partial charge in [0.05, 0.1) is 11.7 Å². The highest BCUT2D eigenvalue weighted by Crippen LogP contribution is 2.39. The van der Waals surface area contributed by atoms with Gasteiger partial charge in [0.15, 0.2) is 5.82 Å². The van der Waals surface area contributed by atoms with Gasteiger partial charge in [-0.15, -0.1) is 0 Å². The molecule has 0 aliphatic carbocycles. The monoisotopic (exact) mass is 366 g/mol. The molecule has 1 atom stereocenters. The van der Waals surface area contributed by atoms with E-state index in [1.807, 2.05) is 38.1 Å². The van der Waals surface area contributed by atoms with E-state index >= 15 is 0 Å². The number of fused-ring (bicyclic) bond motifs is 4. The molecule has 3 heterocycles. The third-order valence-corrected chi connectivity index (χ3v) is 4.75. The SMILES string of the molecule is CC(C)NC(=O)c1ccc2c(n1)N(C(=O)Oc1ccccc1)[C@H]1CCN2C1. The zero-order chi connectivity index (χ0) is 19.0.